The lowest BCUT2D eigenvalue weighted by molar-refractivity contribution is -0.384. The van der Waals surface area contributed by atoms with Gasteiger partial charge in [-0.2, -0.15) is 0 Å². The van der Waals surface area contributed by atoms with Crippen molar-refractivity contribution in [1.29, 1.82) is 0 Å². The van der Waals surface area contributed by atoms with Crippen molar-refractivity contribution in [3.05, 3.63) is 28.3 Å². The summed E-state index contributed by atoms with van der Waals surface area (Å²) in [6.45, 7) is 0.442. The average molecular weight is 239 g/mol. The number of hydrogen-bond donors (Lipinski definition) is 2. The van der Waals surface area contributed by atoms with Crippen LogP contribution in [-0.2, 0) is 0 Å². The highest BCUT2D eigenvalue weighted by Gasteiger charge is 2.09. The molecule has 2 N–H and O–H groups in total. The van der Waals surface area contributed by atoms with Crippen molar-refractivity contribution < 1.29 is 10.0 Å². The Morgan fingerprint density at radius 1 is 1.56 bits per heavy atom. The van der Waals surface area contributed by atoms with Crippen LogP contribution in [0, 0.1) is 10.1 Å². The van der Waals surface area contributed by atoms with E-state index in [2.05, 4.69) is 10.3 Å². The van der Waals surface area contributed by atoms with Gasteiger partial charge in [0, 0.05) is 18.7 Å². The number of non-ortho nitro benzene ring substituents is 1. The predicted molar refractivity (Wildman–Crippen MR) is 61.8 cm³/mol. The van der Waals surface area contributed by atoms with E-state index >= 15 is 0 Å². The molecule has 0 unspecified atom stereocenters. The topological polar surface area (TPSA) is 88.3 Å². The van der Waals surface area contributed by atoms with E-state index in [9.17, 15) is 10.1 Å². The van der Waals surface area contributed by atoms with Gasteiger partial charge in [-0.25, -0.2) is 4.98 Å². The largest absolute Gasteiger partial charge is 0.395 e. The highest BCUT2D eigenvalue weighted by Crippen LogP contribution is 2.28. The minimum atomic E-state index is -0.445. The molecule has 0 aliphatic heterocycles. The first-order valence-corrected chi connectivity index (χ1v) is 5.42. The molecule has 1 aromatic heterocycles. The predicted octanol–water partition coefficient (Wildman–Crippen LogP) is 1.61. The number of aromatic nitrogens is 1. The molecule has 1 heterocycles. The second kappa shape index (κ2) is 4.42. The lowest BCUT2D eigenvalue weighted by Gasteiger charge is -1.95. The van der Waals surface area contributed by atoms with Gasteiger partial charge >= 0.3 is 0 Å². The highest BCUT2D eigenvalue weighted by molar-refractivity contribution is 7.22. The number of fused-ring (bicyclic) bond motifs is 1. The van der Waals surface area contributed by atoms with E-state index in [0.717, 1.165) is 4.70 Å². The molecule has 0 saturated heterocycles. The summed E-state index contributed by atoms with van der Waals surface area (Å²) in [5, 5.41) is 22.8. The summed E-state index contributed by atoms with van der Waals surface area (Å²) in [6.07, 6.45) is 0. The summed E-state index contributed by atoms with van der Waals surface area (Å²) in [6, 6.07) is 4.57. The Morgan fingerprint density at radius 2 is 2.38 bits per heavy atom. The van der Waals surface area contributed by atoms with E-state index in [1.807, 2.05) is 0 Å². The van der Waals surface area contributed by atoms with Gasteiger partial charge in [-0.05, 0) is 6.07 Å². The smallest absolute Gasteiger partial charge is 0.271 e. The van der Waals surface area contributed by atoms with Crippen molar-refractivity contribution in [1.82, 2.24) is 4.98 Å². The van der Waals surface area contributed by atoms with Gasteiger partial charge in [0.15, 0.2) is 5.13 Å². The van der Waals surface area contributed by atoms with Gasteiger partial charge in [-0.1, -0.05) is 11.3 Å². The summed E-state index contributed by atoms with van der Waals surface area (Å²) < 4.78 is 0.881. The molecule has 0 fully saturated rings. The average Bonchev–Trinajstić information content (AvgIpc) is 2.67. The molecule has 2 rings (SSSR count). The number of hydrogen-bond acceptors (Lipinski definition) is 6. The maximum Gasteiger partial charge on any atom is 0.271 e. The third-order valence-corrected chi connectivity index (χ3v) is 2.96. The third kappa shape index (κ3) is 2.10. The van der Waals surface area contributed by atoms with E-state index in [0.29, 0.717) is 17.2 Å². The number of aliphatic hydroxyl groups excluding tert-OH is 1. The minimum absolute atomic E-state index is 0.0239. The fraction of sp³-hybridized carbons (Fsp3) is 0.222. The van der Waals surface area contributed by atoms with Gasteiger partial charge < -0.3 is 10.4 Å². The number of nitro benzene ring substituents is 1. The number of nitro groups is 1. The van der Waals surface area contributed by atoms with Gasteiger partial charge in [0.2, 0.25) is 0 Å². The Morgan fingerprint density at radius 3 is 3.06 bits per heavy atom. The molecule has 0 atom stereocenters. The van der Waals surface area contributed by atoms with Crippen LogP contribution >= 0.6 is 11.3 Å². The zero-order valence-electron chi connectivity index (χ0n) is 8.21. The van der Waals surface area contributed by atoms with Crippen LogP contribution < -0.4 is 5.32 Å². The van der Waals surface area contributed by atoms with Crippen molar-refractivity contribution in [2.24, 2.45) is 0 Å². The van der Waals surface area contributed by atoms with Crippen LogP contribution in [0.3, 0.4) is 0 Å². The summed E-state index contributed by atoms with van der Waals surface area (Å²) >= 11 is 1.40. The van der Waals surface area contributed by atoms with Crippen LogP contribution in [0.5, 0.6) is 0 Å². The summed E-state index contributed by atoms with van der Waals surface area (Å²) in [5.41, 5.74) is 0.631. The Balaban J connectivity index is 2.34. The molecule has 7 heteroatoms. The second-order valence-electron chi connectivity index (χ2n) is 3.08. The molecule has 0 aliphatic rings. The number of thiazole rings is 1. The van der Waals surface area contributed by atoms with Crippen LogP contribution in [0.4, 0.5) is 10.8 Å². The summed E-state index contributed by atoms with van der Waals surface area (Å²) in [7, 11) is 0. The van der Waals surface area contributed by atoms with Crippen molar-refractivity contribution in [2.75, 3.05) is 18.5 Å². The van der Waals surface area contributed by atoms with Gasteiger partial charge in [0.05, 0.1) is 21.7 Å². The van der Waals surface area contributed by atoms with Crippen LogP contribution in [-0.4, -0.2) is 28.2 Å². The molecule has 0 aliphatic carbocycles. The SMILES string of the molecule is O=[N+]([O-])c1ccc2sc(NCCO)nc2c1. The normalized spacial score (nSPS) is 10.6. The number of nitrogens with one attached hydrogen (secondary N) is 1. The quantitative estimate of drug-likeness (QED) is 0.625. The van der Waals surface area contributed by atoms with Gasteiger partial charge in [-0.15, -0.1) is 0 Å². The maximum absolute atomic E-state index is 10.6. The fourth-order valence-electron chi connectivity index (χ4n) is 1.27. The number of anilines is 1. The number of nitrogens with zero attached hydrogens (tertiary/aromatic N) is 2. The van der Waals surface area contributed by atoms with Gasteiger partial charge in [0.25, 0.3) is 5.69 Å². The maximum atomic E-state index is 10.6. The standard InChI is InChI=1S/C9H9N3O3S/c13-4-3-10-9-11-7-5-6(12(14)15)1-2-8(7)16-9/h1-2,5,13H,3-4H2,(H,10,11). The molecule has 0 amide bonds. The molecule has 0 bridgehead atoms. The van der Waals surface area contributed by atoms with Crippen molar-refractivity contribution in [2.45, 2.75) is 0 Å². The monoisotopic (exact) mass is 239 g/mol. The molecule has 16 heavy (non-hydrogen) atoms. The lowest BCUT2D eigenvalue weighted by Crippen LogP contribution is -2.04. The molecule has 6 nitrogen and oxygen atoms in total. The van der Waals surface area contributed by atoms with Gasteiger partial charge in [-0.3, -0.25) is 10.1 Å². The van der Waals surface area contributed by atoms with Crippen LogP contribution in [0.1, 0.15) is 0 Å². The fourth-order valence-corrected chi connectivity index (χ4v) is 2.14. The second-order valence-corrected chi connectivity index (χ2v) is 4.11. The highest BCUT2D eigenvalue weighted by atomic mass is 32.1. The van der Waals surface area contributed by atoms with Crippen LogP contribution in [0.2, 0.25) is 0 Å². The number of rotatable bonds is 4. The first kappa shape index (κ1) is 10.8. The van der Waals surface area contributed by atoms with Crippen LogP contribution in [0.25, 0.3) is 10.2 Å². The Hall–Kier alpha value is -1.73. The van der Waals surface area contributed by atoms with Crippen molar-refractivity contribution in [3.63, 3.8) is 0 Å². The summed E-state index contributed by atoms with van der Waals surface area (Å²) in [5.74, 6) is 0. The van der Waals surface area contributed by atoms with E-state index in [1.54, 1.807) is 6.07 Å². The molecule has 2 aromatic rings. The summed E-state index contributed by atoms with van der Waals surface area (Å²) in [4.78, 5) is 14.3. The van der Waals surface area contributed by atoms with Gasteiger partial charge in [0.1, 0.15) is 0 Å². The first-order chi connectivity index (χ1) is 7.70. The zero-order chi connectivity index (χ0) is 11.5. The lowest BCUT2D eigenvalue weighted by atomic mass is 10.3. The van der Waals surface area contributed by atoms with E-state index in [-0.39, 0.29) is 12.3 Å². The molecular weight excluding hydrogens is 230 g/mol. The first-order valence-electron chi connectivity index (χ1n) is 4.60. The molecule has 0 spiro atoms. The van der Waals surface area contributed by atoms with E-state index < -0.39 is 4.92 Å². The number of benzene rings is 1. The van der Waals surface area contributed by atoms with Crippen molar-refractivity contribution >= 4 is 32.4 Å². The molecule has 0 saturated carbocycles. The Kier molecular flexibility index (Phi) is 2.97. The molecule has 0 radical (unpaired) electrons. The molecule has 1 aromatic carbocycles. The Bertz CT molecular complexity index is 526. The Labute approximate surface area is 94.7 Å². The van der Waals surface area contributed by atoms with E-state index in [4.69, 9.17) is 5.11 Å². The van der Waals surface area contributed by atoms with Crippen LogP contribution in [0.15, 0.2) is 18.2 Å². The molecule has 84 valence electrons. The minimum Gasteiger partial charge on any atom is -0.395 e. The zero-order valence-corrected chi connectivity index (χ0v) is 9.03. The number of aliphatic hydroxyl groups is 1. The molecular formula is C9H9N3O3S. The third-order valence-electron chi connectivity index (χ3n) is 1.97. The van der Waals surface area contributed by atoms with Crippen molar-refractivity contribution in [3.8, 4) is 0 Å². The van der Waals surface area contributed by atoms with E-state index in [1.165, 1.54) is 23.5 Å².